The van der Waals surface area contributed by atoms with Gasteiger partial charge in [0.2, 0.25) is 5.91 Å². The van der Waals surface area contributed by atoms with E-state index in [0.717, 1.165) is 102 Å². The summed E-state index contributed by atoms with van der Waals surface area (Å²) in [4.78, 5) is 82.8. The van der Waals surface area contributed by atoms with Crippen LogP contribution < -0.4 is 5.32 Å². The summed E-state index contributed by atoms with van der Waals surface area (Å²) in [6.07, 6.45) is 10.5. The van der Waals surface area contributed by atoms with Crippen LogP contribution in [-0.2, 0) is 19.1 Å². The molecule has 5 aromatic rings. The monoisotopic (exact) mass is 816 g/mol. The van der Waals surface area contributed by atoms with Crippen LogP contribution in [0.2, 0.25) is 0 Å². The molecule has 16 nitrogen and oxygen atoms in total. The number of alkyl carbamates (subject to hydrolysis) is 1. The zero-order valence-electron chi connectivity index (χ0n) is 34.5. The molecule has 2 aromatic carbocycles. The molecule has 4 amide bonds. The third-order valence-electron chi connectivity index (χ3n) is 12.0. The van der Waals surface area contributed by atoms with Gasteiger partial charge in [-0.2, -0.15) is 0 Å². The van der Waals surface area contributed by atoms with Gasteiger partial charge < -0.3 is 34.6 Å². The third kappa shape index (κ3) is 8.27. The van der Waals surface area contributed by atoms with E-state index in [4.69, 9.17) is 24.4 Å². The summed E-state index contributed by atoms with van der Waals surface area (Å²) < 4.78 is 10.5. The fraction of sp³-hybridized carbons (Fsp3) is 0.455. The summed E-state index contributed by atoms with van der Waals surface area (Å²) in [6.45, 7) is 4.91. The second-order valence-corrected chi connectivity index (χ2v) is 16.2. The fourth-order valence-electron chi connectivity index (χ4n) is 8.83. The molecular formula is C44H52N10O6. The van der Waals surface area contributed by atoms with Crippen LogP contribution in [0.1, 0.15) is 88.9 Å². The average molecular weight is 817 g/mol. The lowest BCUT2D eigenvalue weighted by Crippen LogP contribution is -2.46. The molecular weight excluding hydrogens is 765 g/mol. The average Bonchev–Trinajstić information content (AvgIpc) is 4.13. The van der Waals surface area contributed by atoms with Gasteiger partial charge in [-0.05, 0) is 62.1 Å². The Balaban J connectivity index is 0.925. The maximum atomic E-state index is 13.6. The van der Waals surface area contributed by atoms with Gasteiger partial charge in [0, 0.05) is 37.3 Å². The molecule has 8 rings (SSSR count). The van der Waals surface area contributed by atoms with E-state index in [0.29, 0.717) is 18.9 Å². The van der Waals surface area contributed by atoms with Crippen LogP contribution in [0, 0.1) is 5.92 Å². The number of ether oxygens (including phenoxy) is 2. The van der Waals surface area contributed by atoms with Gasteiger partial charge in [0.1, 0.15) is 18.2 Å². The minimum absolute atomic E-state index is 0.00529. The Hall–Kier alpha value is -6.32. The number of H-pyrrole nitrogens is 2. The molecule has 3 aliphatic rings. The number of hydrogen-bond acceptors (Lipinski definition) is 10. The summed E-state index contributed by atoms with van der Waals surface area (Å²) >= 11 is 0. The Morgan fingerprint density at radius 3 is 2.05 bits per heavy atom. The molecule has 0 bridgehead atoms. The van der Waals surface area contributed by atoms with E-state index in [9.17, 15) is 19.2 Å². The smallest absolute Gasteiger partial charge is 0.410 e. The summed E-state index contributed by atoms with van der Waals surface area (Å²) in [7, 11) is 2.84. The normalized spacial score (nSPS) is 18.6. The lowest BCUT2D eigenvalue weighted by Gasteiger charge is -2.30. The van der Waals surface area contributed by atoms with Crippen molar-refractivity contribution in [3.8, 4) is 33.8 Å². The number of benzene rings is 2. The number of likely N-dealkylation sites (tertiary alicyclic amines) is 2. The maximum Gasteiger partial charge on any atom is 0.410 e. The highest BCUT2D eigenvalue weighted by Gasteiger charge is 2.39. The predicted octanol–water partition coefficient (Wildman–Crippen LogP) is 6.80. The lowest BCUT2D eigenvalue weighted by molar-refractivity contribution is -0.143. The first-order valence-electron chi connectivity index (χ1n) is 20.9. The number of carbonyl (C=O) groups is 4. The van der Waals surface area contributed by atoms with Crippen LogP contribution in [0.5, 0.6) is 0 Å². The summed E-state index contributed by atoms with van der Waals surface area (Å²) in [5.41, 5.74) is 6.62. The number of amides is 4. The van der Waals surface area contributed by atoms with Crippen LogP contribution in [-0.4, -0.2) is 115 Å². The molecule has 2 aliphatic heterocycles. The zero-order chi connectivity index (χ0) is 41.9. The van der Waals surface area contributed by atoms with Crippen molar-refractivity contribution in [2.75, 3.05) is 33.8 Å². The summed E-state index contributed by atoms with van der Waals surface area (Å²) in [6, 6.07) is 13.5. The number of rotatable bonds is 11. The quantitative estimate of drug-likeness (QED) is 0.128. The highest BCUT2D eigenvalue weighted by molar-refractivity contribution is 5.85. The molecule has 1 saturated carbocycles. The molecule has 2 saturated heterocycles. The molecule has 3 atom stereocenters. The number of aromatic nitrogens is 6. The molecule has 314 valence electrons. The topological polar surface area (TPSA) is 192 Å². The Bertz CT molecular complexity index is 2350. The Labute approximate surface area is 348 Å². The molecule has 0 spiro atoms. The number of fused-ring (bicyclic) bond motifs is 1. The van der Waals surface area contributed by atoms with Crippen molar-refractivity contribution in [1.29, 1.82) is 0 Å². The number of nitrogens with one attached hydrogen (secondary N) is 3. The van der Waals surface area contributed by atoms with Gasteiger partial charge in [0.25, 0.3) is 5.91 Å². The van der Waals surface area contributed by atoms with Gasteiger partial charge >= 0.3 is 12.2 Å². The van der Waals surface area contributed by atoms with E-state index in [1.807, 2.05) is 61.2 Å². The van der Waals surface area contributed by atoms with Crippen molar-refractivity contribution in [2.45, 2.75) is 89.4 Å². The minimum Gasteiger partial charge on any atom is -0.453 e. The van der Waals surface area contributed by atoms with E-state index in [1.165, 1.54) is 14.2 Å². The molecule has 1 aliphatic carbocycles. The van der Waals surface area contributed by atoms with E-state index in [-0.39, 0.29) is 42.4 Å². The van der Waals surface area contributed by atoms with E-state index in [2.05, 4.69) is 20.3 Å². The second kappa shape index (κ2) is 17.5. The third-order valence-corrected chi connectivity index (χ3v) is 12.0. The molecule has 5 heterocycles. The number of methoxy groups -OCH3 is 1. The van der Waals surface area contributed by atoms with Crippen molar-refractivity contribution in [1.82, 2.24) is 49.9 Å². The van der Waals surface area contributed by atoms with Crippen molar-refractivity contribution < 1.29 is 28.7 Å². The van der Waals surface area contributed by atoms with Gasteiger partial charge in [-0.1, -0.05) is 57.0 Å². The van der Waals surface area contributed by atoms with E-state index in [1.54, 1.807) is 28.4 Å². The maximum absolute atomic E-state index is 13.6. The molecule has 3 fully saturated rings. The van der Waals surface area contributed by atoms with Crippen LogP contribution >= 0.6 is 0 Å². The standard InChI is InChI=1S/C44H52N10O6/c1-26(2)39(60-43(57)45-3)42(56)53-20-8-12-37(53)41-47-23-34(50-41)28-15-13-27(14-16-28)33-22-46-32-21-29(17-18-31(32)49-33)35-24-48-40(51-35)36-11-7-19-52(36)38(55)25-54(44(58)59-4)30-9-5-6-10-30/h13-18,21-24,26,30,36-37,39H,5-12,19-20,25H2,1-4H3,(H,45,57)(H,47,50)(H,48,51)/t36-,37?,39-/m0/s1. The molecule has 1 unspecified atom stereocenters. The first kappa shape index (κ1) is 40.5. The first-order chi connectivity index (χ1) is 29.1. The van der Waals surface area contributed by atoms with E-state index < -0.39 is 18.3 Å². The Kier molecular flexibility index (Phi) is 11.8. The second-order valence-electron chi connectivity index (χ2n) is 16.2. The SMILES string of the molecule is CNC(=O)O[C@H](C(=O)N1CCCC1c1ncc(-c2ccc(-c3cnc4cc(-c5cnc([C@@H]6CCCN6C(=O)CN(C(=O)OC)C6CCCC6)[nH]5)ccc4n3)cc2)[nH]1)C(C)C. The van der Waals surface area contributed by atoms with Gasteiger partial charge in [-0.15, -0.1) is 0 Å². The molecule has 3 aromatic heterocycles. The van der Waals surface area contributed by atoms with Crippen molar-refractivity contribution in [2.24, 2.45) is 5.92 Å². The van der Waals surface area contributed by atoms with Gasteiger partial charge in [0.15, 0.2) is 6.10 Å². The number of aromatic amines is 2. The van der Waals surface area contributed by atoms with Crippen LogP contribution in [0.15, 0.2) is 61.1 Å². The molecule has 3 N–H and O–H groups in total. The van der Waals surface area contributed by atoms with Crippen molar-refractivity contribution >= 4 is 35.0 Å². The number of carbonyl (C=O) groups excluding carboxylic acids is 4. The zero-order valence-corrected chi connectivity index (χ0v) is 34.5. The predicted molar refractivity (Wildman–Crippen MR) is 223 cm³/mol. The number of nitrogens with zero attached hydrogens (tertiary/aromatic N) is 7. The lowest BCUT2D eigenvalue weighted by atomic mass is 10.1. The number of hydrogen-bond donors (Lipinski definition) is 3. The molecule has 0 radical (unpaired) electrons. The van der Waals surface area contributed by atoms with Gasteiger partial charge in [-0.3, -0.25) is 19.5 Å². The number of imidazole rings is 2. The van der Waals surface area contributed by atoms with Crippen LogP contribution in [0.25, 0.3) is 44.8 Å². The largest absolute Gasteiger partial charge is 0.453 e. The highest BCUT2D eigenvalue weighted by atomic mass is 16.6. The van der Waals surface area contributed by atoms with Gasteiger partial charge in [-0.25, -0.2) is 24.5 Å². The van der Waals surface area contributed by atoms with Crippen molar-refractivity contribution in [3.63, 3.8) is 0 Å². The Morgan fingerprint density at radius 2 is 1.40 bits per heavy atom. The fourth-order valence-corrected chi connectivity index (χ4v) is 8.83. The Morgan fingerprint density at radius 1 is 0.783 bits per heavy atom. The minimum atomic E-state index is -0.884. The van der Waals surface area contributed by atoms with Crippen LogP contribution in [0.3, 0.4) is 0 Å². The summed E-state index contributed by atoms with van der Waals surface area (Å²) in [5, 5.41) is 2.43. The highest BCUT2D eigenvalue weighted by Crippen LogP contribution is 2.35. The summed E-state index contributed by atoms with van der Waals surface area (Å²) in [5.74, 6) is 0.920. The first-order valence-corrected chi connectivity index (χ1v) is 20.9. The van der Waals surface area contributed by atoms with E-state index >= 15 is 0 Å². The molecule has 16 heteroatoms. The van der Waals surface area contributed by atoms with Gasteiger partial charge in [0.05, 0.1) is 65.9 Å². The molecule has 60 heavy (non-hydrogen) atoms. The van der Waals surface area contributed by atoms with Crippen LogP contribution in [0.4, 0.5) is 9.59 Å². The van der Waals surface area contributed by atoms with Crippen molar-refractivity contribution in [3.05, 3.63) is 72.7 Å².